The zero-order valence-electron chi connectivity index (χ0n) is 7.40. The highest BCUT2D eigenvalue weighted by molar-refractivity contribution is 14.1. The molecule has 0 aromatic heterocycles. The first kappa shape index (κ1) is 11.7. The lowest BCUT2D eigenvalue weighted by Crippen LogP contribution is -2.22. The predicted octanol–water partition coefficient (Wildman–Crippen LogP) is 0.992. The Hall–Kier alpha value is -0.340. The summed E-state index contributed by atoms with van der Waals surface area (Å²) >= 11 is 2.19. The molecule has 1 rings (SSSR count). The summed E-state index contributed by atoms with van der Waals surface area (Å²) in [4.78, 5) is 0. The first-order valence-corrected chi connectivity index (χ1v) is 6.77. The minimum atomic E-state index is -3.37. The fourth-order valence-electron chi connectivity index (χ4n) is 0.936. The topological polar surface area (TPSA) is 72.2 Å². The fraction of sp³-hybridized carbons (Fsp3) is 0.250. The van der Waals surface area contributed by atoms with Gasteiger partial charge in [-0.25, -0.2) is 13.6 Å². The van der Waals surface area contributed by atoms with Gasteiger partial charge < -0.3 is 5.32 Å². The van der Waals surface area contributed by atoms with Gasteiger partial charge in [0, 0.05) is 15.8 Å². The van der Waals surface area contributed by atoms with E-state index in [0.29, 0.717) is 6.54 Å². The van der Waals surface area contributed by atoms with Crippen LogP contribution in [-0.4, -0.2) is 20.7 Å². The first-order valence-electron chi connectivity index (χ1n) is 3.97. The molecular weight excluding hydrogens is 315 g/mol. The first-order chi connectivity index (χ1) is 6.47. The van der Waals surface area contributed by atoms with Crippen LogP contribution in [0.4, 0.5) is 5.69 Å². The van der Waals surface area contributed by atoms with Gasteiger partial charge in [-0.2, -0.15) is 0 Å². The summed E-state index contributed by atoms with van der Waals surface area (Å²) in [5, 5.41) is 7.84. The van der Waals surface area contributed by atoms with Crippen molar-refractivity contribution in [1.82, 2.24) is 0 Å². The van der Waals surface area contributed by atoms with Crippen molar-refractivity contribution in [2.75, 3.05) is 17.6 Å². The van der Waals surface area contributed by atoms with Gasteiger partial charge in [-0.05, 0) is 40.8 Å². The van der Waals surface area contributed by atoms with Crippen LogP contribution in [0.2, 0.25) is 0 Å². The van der Waals surface area contributed by atoms with Gasteiger partial charge in [0.05, 0.1) is 5.75 Å². The normalized spacial score (nSPS) is 11.3. The molecule has 3 N–H and O–H groups in total. The third kappa shape index (κ3) is 4.77. The van der Waals surface area contributed by atoms with Crippen molar-refractivity contribution in [3.8, 4) is 0 Å². The third-order valence-corrected chi connectivity index (χ3v) is 2.98. The van der Waals surface area contributed by atoms with Crippen molar-refractivity contribution in [3.63, 3.8) is 0 Å². The molecular formula is C8H11IN2O2S. The molecule has 0 saturated heterocycles. The fourth-order valence-corrected chi connectivity index (χ4v) is 1.87. The number of nitrogens with one attached hydrogen (secondary N) is 1. The van der Waals surface area contributed by atoms with E-state index in [1.54, 1.807) is 0 Å². The molecule has 6 heteroatoms. The Morgan fingerprint density at radius 3 is 2.71 bits per heavy atom. The van der Waals surface area contributed by atoms with Gasteiger partial charge in [0.15, 0.2) is 0 Å². The van der Waals surface area contributed by atoms with Crippen LogP contribution in [0.3, 0.4) is 0 Å². The lowest BCUT2D eigenvalue weighted by Gasteiger charge is -2.05. The Bertz CT molecular complexity index is 406. The maximum absolute atomic E-state index is 10.6. The highest BCUT2D eigenvalue weighted by Gasteiger charge is 2.01. The van der Waals surface area contributed by atoms with Gasteiger partial charge in [0.2, 0.25) is 10.0 Å². The lowest BCUT2D eigenvalue weighted by atomic mass is 10.3. The average Bonchev–Trinajstić information content (AvgIpc) is 2.01. The van der Waals surface area contributed by atoms with E-state index in [9.17, 15) is 8.42 Å². The molecule has 0 spiro atoms. The second-order valence-electron chi connectivity index (χ2n) is 2.80. The van der Waals surface area contributed by atoms with E-state index < -0.39 is 10.0 Å². The largest absolute Gasteiger partial charge is 0.384 e. The second kappa shape index (κ2) is 4.94. The van der Waals surface area contributed by atoms with Crippen LogP contribution in [-0.2, 0) is 10.0 Å². The molecule has 0 radical (unpaired) electrons. The molecule has 0 amide bonds. The Balaban J connectivity index is 2.47. The smallest absolute Gasteiger partial charge is 0.210 e. The Morgan fingerprint density at radius 1 is 1.43 bits per heavy atom. The van der Waals surface area contributed by atoms with Crippen molar-refractivity contribution in [1.29, 1.82) is 0 Å². The van der Waals surface area contributed by atoms with E-state index in [4.69, 9.17) is 5.14 Å². The zero-order chi connectivity index (χ0) is 10.6. The number of hydrogen-bond acceptors (Lipinski definition) is 3. The van der Waals surface area contributed by atoms with Gasteiger partial charge in [-0.15, -0.1) is 0 Å². The monoisotopic (exact) mass is 326 g/mol. The summed E-state index contributed by atoms with van der Waals surface area (Å²) in [6, 6.07) is 7.68. The molecule has 0 atom stereocenters. The molecule has 14 heavy (non-hydrogen) atoms. The molecule has 78 valence electrons. The van der Waals surface area contributed by atoms with Gasteiger partial charge in [-0.1, -0.05) is 6.07 Å². The van der Waals surface area contributed by atoms with Gasteiger partial charge >= 0.3 is 0 Å². The van der Waals surface area contributed by atoms with E-state index >= 15 is 0 Å². The highest BCUT2D eigenvalue weighted by atomic mass is 127. The van der Waals surface area contributed by atoms with E-state index in [0.717, 1.165) is 9.26 Å². The zero-order valence-corrected chi connectivity index (χ0v) is 10.4. The van der Waals surface area contributed by atoms with Gasteiger partial charge in [-0.3, -0.25) is 0 Å². The van der Waals surface area contributed by atoms with E-state index in [2.05, 4.69) is 27.9 Å². The second-order valence-corrected chi connectivity index (χ2v) is 5.78. The minimum absolute atomic E-state index is 0.0571. The number of hydrogen-bond donors (Lipinski definition) is 2. The molecule has 0 aliphatic rings. The van der Waals surface area contributed by atoms with Crippen molar-refractivity contribution in [2.45, 2.75) is 0 Å². The molecule has 1 aromatic carbocycles. The number of halogens is 1. The summed E-state index contributed by atoms with van der Waals surface area (Å²) in [6.45, 7) is 0.332. The molecule has 0 fully saturated rings. The maximum Gasteiger partial charge on any atom is 0.210 e. The van der Waals surface area contributed by atoms with Crippen LogP contribution in [0.5, 0.6) is 0 Å². The Kier molecular flexibility index (Phi) is 4.14. The molecule has 4 nitrogen and oxygen atoms in total. The minimum Gasteiger partial charge on any atom is -0.384 e. The quantitative estimate of drug-likeness (QED) is 0.811. The summed E-state index contributed by atoms with van der Waals surface area (Å²) in [5.74, 6) is -0.0571. The van der Waals surface area contributed by atoms with Crippen LogP contribution in [0, 0.1) is 3.57 Å². The Morgan fingerprint density at radius 2 is 2.14 bits per heavy atom. The number of benzene rings is 1. The SMILES string of the molecule is NS(=O)(=O)CCNc1cccc(I)c1. The molecule has 1 aromatic rings. The third-order valence-electron chi connectivity index (χ3n) is 1.54. The maximum atomic E-state index is 10.6. The molecule has 0 unspecified atom stereocenters. The molecule has 0 saturated carbocycles. The van der Waals surface area contributed by atoms with Crippen LogP contribution in [0.15, 0.2) is 24.3 Å². The highest BCUT2D eigenvalue weighted by Crippen LogP contribution is 2.11. The molecule has 0 aliphatic heterocycles. The standard InChI is InChI=1S/C8H11IN2O2S/c9-7-2-1-3-8(6-7)11-4-5-14(10,12)13/h1-3,6,11H,4-5H2,(H2,10,12,13). The van der Waals surface area contributed by atoms with Crippen LogP contribution < -0.4 is 10.5 Å². The Labute approximate surface area is 97.1 Å². The van der Waals surface area contributed by atoms with E-state index in [-0.39, 0.29) is 5.75 Å². The van der Waals surface area contributed by atoms with Gasteiger partial charge in [0.25, 0.3) is 0 Å². The number of nitrogens with two attached hydrogens (primary N) is 1. The van der Waals surface area contributed by atoms with Crippen molar-refractivity contribution < 1.29 is 8.42 Å². The summed E-state index contributed by atoms with van der Waals surface area (Å²) < 4.78 is 22.3. The van der Waals surface area contributed by atoms with Crippen molar-refractivity contribution >= 4 is 38.3 Å². The molecule has 0 aliphatic carbocycles. The molecule has 0 bridgehead atoms. The van der Waals surface area contributed by atoms with Crippen LogP contribution in [0.1, 0.15) is 0 Å². The van der Waals surface area contributed by atoms with E-state index in [1.165, 1.54) is 0 Å². The number of sulfonamides is 1. The number of primary sulfonamides is 1. The lowest BCUT2D eigenvalue weighted by molar-refractivity contribution is 0.598. The summed E-state index contributed by atoms with van der Waals surface area (Å²) in [6.07, 6.45) is 0. The predicted molar refractivity (Wildman–Crippen MR) is 65.6 cm³/mol. The molecule has 0 heterocycles. The summed E-state index contributed by atoms with van der Waals surface area (Å²) in [7, 11) is -3.37. The van der Waals surface area contributed by atoms with Crippen LogP contribution >= 0.6 is 22.6 Å². The average molecular weight is 326 g/mol. The summed E-state index contributed by atoms with van der Waals surface area (Å²) in [5.41, 5.74) is 0.903. The van der Waals surface area contributed by atoms with Crippen LogP contribution in [0.25, 0.3) is 0 Å². The van der Waals surface area contributed by atoms with Crippen molar-refractivity contribution in [2.24, 2.45) is 5.14 Å². The van der Waals surface area contributed by atoms with E-state index in [1.807, 2.05) is 24.3 Å². The number of anilines is 1. The van der Waals surface area contributed by atoms with Crippen molar-refractivity contribution in [3.05, 3.63) is 27.8 Å². The number of rotatable bonds is 4. The van der Waals surface area contributed by atoms with Gasteiger partial charge in [0.1, 0.15) is 0 Å².